The molecule has 0 spiro atoms. The Morgan fingerprint density at radius 2 is 2.33 bits per heavy atom. The molecule has 1 fully saturated rings. The van der Waals surface area contributed by atoms with Crippen molar-refractivity contribution in [3.05, 3.63) is 17.5 Å². The summed E-state index contributed by atoms with van der Waals surface area (Å²) in [5.74, 6) is 0.767. The van der Waals surface area contributed by atoms with Crippen LogP contribution in [0.5, 0.6) is 0 Å². The summed E-state index contributed by atoms with van der Waals surface area (Å²) in [7, 11) is 2.03. The number of aromatic nitrogens is 2. The van der Waals surface area contributed by atoms with Crippen molar-refractivity contribution in [1.82, 2.24) is 9.78 Å². The van der Waals surface area contributed by atoms with Crippen LogP contribution in [-0.2, 0) is 13.5 Å². The van der Waals surface area contributed by atoms with Gasteiger partial charge in [0.15, 0.2) is 0 Å². The molecule has 0 aliphatic heterocycles. The van der Waals surface area contributed by atoms with E-state index >= 15 is 0 Å². The first kappa shape index (κ1) is 10.7. The maximum atomic E-state index is 6.00. The van der Waals surface area contributed by atoms with Gasteiger partial charge >= 0.3 is 0 Å². The van der Waals surface area contributed by atoms with Gasteiger partial charge in [0, 0.05) is 18.8 Å². The predicted octanol–water partition coefficient (Wildman–Crippen LogP) is 1.79. The van der Waals surface area contributed by atoms with Crippen molar-refractivity contribution in [3.8, 4) is 0 Å². The Morgan fingerprint density at radius 3 is 2.93 bits per heavy atom. The second-order valence-corrected chi connectivity index (χ2v) is 4.90. The third-order valence-corrected chi connectivity index (χ3v) is 3.42. The van der Waals surface area contributed by atoms with E-state index in [0.29, 0.717) is 6.04 Å². The normalized spacial score (nSPS) is 26.9. The van der Waals surface area contributed by atoms with Crippen molar-refractivity contribution >= 4 is 0 Å². The lowest BCUT2D eigenvalue weighted by Crippen LogP contribution is -2.29. The molecule has 0 radical (unpaired) electrons. The van der Waals surface area contributed by atoms with Gasteiger partial charge in [-0.1, -0.05) is 6.42 Å². The molecule has 0 bridgehead atoms. The second-order valence-electron chi connectivity index (χ2n) is 4.90. The van der Waals surface area contributed by atoms with E-state index < -0.39 is 0 Å². The first-order valence-electron chi connectivity index (χ1n) is 5.90. The van der Waals surface area contributed by atoms with Gasteiger partial charge in [-0.15, -0.1) is 0 Å². The molecule has 0 aromatic carbocycles. The highest BCUT2D eigenvalue weighted by atomic mass is 15.3. The number of aryl methyl sites for hydroxylation is 2. The van der Waals surface area contributed by atoms with Crippen LogP contribution in [0.3, 0.4) is 0 Å². The van der Waals surface area contributed by atoms with Crippen LogP contribution in [-0.4, -0.2) is 15.8 Å². The Balaban J connectivity index is 1.99. The van der Waals surface area contributed by atoms with E-state index in [4.69, 9.17) is 5.73 Å². The fourth-order valence-corrected chi connectivity index (χ4v) is 2.67. The van der Waals surface area contributed by atoms with E-state index in [0.717, 1.165) is 18.0 Å². The SMILES string of the molecule is Cc1cc(CC2CCCC(N)C2)n(C)n1. The zero-order valence-corrected chi connectivity index (χ0v) is 9.74. The minimum atomic E-state index is 0.429. The van der Waals surface area contributed by atoms with Crippen LogP contribution in [0.1, 0.15) is 37.1 Å². The van der Waals surface area contributed by atoms with Crippen molar-refractivity contribution in [2.45, 2.75) is 45.1 Å². The maximum Gasteiger partial charge on any atom is 0.0596 e. The third-order valence-electron chi connectivity index (χ3n) is 3.42. The lowest BCUT2D eigenvalue weighted by atomic mass is 9.83. The molecule has 2 unspecified atom stereocenters. The Labute approximate surface area is 91.7 Å². The van der Waals surface area contributed by atoms with Gasteiger partial charge in [-0.05, 0) is 44.6 Å². The van der Waals surface area contributed by atoms with Gasteiger partial charge in [0.2, 0.25) is 0 Å². The highest BCUT2D eigenvalue weighted by Gasteiger charge is 2.20. The van der Waals surface area contributed by atoms with Crippen LogP contribution in [0.15, 0.2) is 6.07 Å². The highest BCUT2D eigenvalue weighted by molar-refractivity contribution is 5.09. The van der Waals surface area contributed by atoms with Gasteiger partial charge in [-0.3, -0.25) is 4.68 Å². The van der Waals surface area contributed by atoms with E-state index in [9.17, 15) is 0 Å². The summed E-state index contributed by atoms with van der Waals surface area (Å²) in [6.45, 7) is 2.05. The van der Waals surface area contributed by atoms with Crippen LogP contribution in [0.25, 0.3) is 0 Å². The molecule has 1 aromatic rings. The standard InChI is InChI=1S/C12H21N3/c1-9-6-12(15(2)14-9)8-10-4-3-5-11(13)7-10/h6,10-11H,3-5,7-8,13H2,1-2H3. The number of nitrogens with two attached hydrogens (primary N) is 1. The van der Waals surface area contributed by atoms with E-state index in [1.165, 1.54) is 31.4 Å². The second kappa shape index (κ2) is 4.35. The number of hydrogen-bond acceptors (Lipinski definition) is 2. The summed E-state index contributed by atoms with van der Waals surface area (Å²) in [6, 6.07) is 2.62. The lowest BCUT2D eigenvalue weighted by Gasteiger charge is -2.26. The van der Waals surface area contributed by atoms with Gasteiger partial charge < -0.3 is 5.73 Å². The van der Waals surface area contributed by atoms with Crippen LogP contribution < -0.4 is 5.73 Å². The zero-order chi connectivity index (χ0) is 10.8. The van der Waals surface area contributed by atoms with Crippen LogP contribution >= 0.6 is 0 Å². The van der Waals surface area contributed by atoms with Crippen LogP contribution in [0.4, 0.5) is 0 Å². The molecule has 0 saturated heterocycles. The molecule has 15 heavy (non-hydrogen) atoms. The predicted molar refractivity (Wildman–Crippen MR) is 61.6 cm³/mol. The highest BCUT2D eigenvalue weighted by Crippen LogP contribution is 2.26. The van der Waals surface area contributed by atoms with E-state index in [-0.39, 0.29) is 0 Å². The summed E-state index contributed by atoms with van der Waals surface area (Å²) in [5.41, 5.74) is 8.47. The van der Waals surface area contributed by atoms with Crippen molar-refractivity contribution in [1.29, 1.82) is 0 Å². The fourth-order valence-electron chi connectivity index (χ4n) is 2.67. The monoisotopic (exact) mass is 207 g/mol. The Hall–Kier alpha value is -0.830. The van der Waals surface area contributed by atoms with Crippen LogP contribution in [0.2, 0.25) is 0 Å². The number of hydrogen-bond donors (Lipinski definition) is 1. The maximum absolute atomic E-state index is 6.00. The fraction of sp³-hybridized carbons (Fsp3) is 0.750. The first-order valence-corrected chi connectivity index (χ1v) is 5.90. The summed E-state index contributed by atoms with van der Waals surface area (Å²) in [5, 5.41) is 4.38. The van der Waals surface area contributed by atoms with Crippen molar-refractivity contribution in [3.63, 3.8) is 0 Å². The number of nitrogens with zero attached hydrogens (tertiary/aromatic N) is 2. The molecule has 1 heterocycles. The minimum absolute atomic E-state index is 0.429. The summed E-state index contributed by atoms with van der Waals surface area (Å²) < 4.78 is 2.01. The van der Waals surface area contributed by atoms with E-state index in [2.05, 4.69) is 18.1 Å². The van der Waals surface area contributed by atoms with E-state index in [1.807, 2.05) is 11.7 Å². The molecule has 1 aliphatic carbocycles. The van der Waals surface area contributed by atoms with Gasteiger partial charge in [0.25, 0.3) is 0 Å². The lowest BCUT2D eigenvalue weighted by molar-refractivity contribution is 0.316. The van der Waals surface area contributed by atoms with Gasteiger partial charge in [0.05, 0.1) is 5.69 Å². The molecule has 0 amide bonds. The molecule has 2 rings (SSSR count). The third kappa shape index (κ3) is 2.59. The van der Waals surface area contributed by atoms with Gasteiger partial charge in [-0.25, -0.2) is 0 Å². The molecule has 84 valence electrons. The van der Waals surface area contributed by atoms with Crippen molar-refractivity contribution in [2.75, 3.05) is 0 Å². The van der Waals surface area contributed by atoms with Crippen molar-refractivity contribution in [2.24, 2.45) is 18.7 Å². The minimum Gasteiger partial charge on any atom is -0.328 e. The first-order chi connectivity index (χ1) is 7.15. The van der Waals surface area contributed by atoms with Gasteiger partial charge in [-0.2, -0.15) is 5.10 Å². The molecular weight excluding hydrogens is 186 g/mol. The molecule has 1 aromatic heterocycles. The summed E-state index contributed by atoms with van der Waals surface area (Å²) in [4.78, 5) is 0. The molecule has 1 saturated carbocycles. The average Bonchev–Trinajstić information content (AvgIpc) is 2.45. The summed E-state index contributed by atoms with van der Waals surface area (Å²) >= 11 is 0. The molecule has 2 N–H and O–H groups in total. The molecule has 1 aliphatic rings. The molecule has 2 atom stereocenters. The smallest absolute Gasteiger partial charge is 0.0596 e. The summed E-state index contributed by atoms with van der Waals surface area (Å²) in [6.07, 6.45) is 6.16. The van der Waals surface area contributed by atoms with E-state index in [1.54, 1.807) is 0 Å². The average molecular weight is 207 g/mol. The Bertz CT molecular complexity index is 330. The van der Waals surface area contributed by atoms with Crippen molar-refractivity contribution < 1.29 is 0 Å². The molecule has 3 nitrogen and oxygen atoms in total. The molecular formula is C12H21N3. The topological polar surface area (TPSA) is 43.8 Å². The number of rotatable bonds is 2. The zero-order valence-electron chi connectivity index (χ0n) is 9.74. The van der Waals surface area contributed by atoms with Crippen LogP contribution in [0, 0.1) is 12.8 Å². The Kier molecular flexibility index (Phi) is 3.10. The van der Waals surface area contributed by atoms with Gasteiger partial charge in [0.1, 0.15) is 0 Å². The largest absolute Gasteiger partial charge is 0.328 e. The molecule has 3 heteroatoms. The quantitative estimate of drug-likeness (QED) is 0.803. The Morgan fingerprint density at radius 1 is 1.53 bits per heavy atom.